The molecule has 2 aromatic heterocycles. The third-order valence-corrected chi connectivity index (χ3v) is 5.04. The van der Waals surface area contributed by atoms with Crippen LogP contribution in [0.4, 0.5) is 0 Å². The van der Waals surface area contributed by atoms with Crippen LogP contribution in [0.25, 0.3) is 11.3 Å². The second kappa shape index (κ2) is 8.84. The molecule has 0 aliphatic carbocycles. The van der Waals surface area contributed by atoms with Crippen LogP contribution in [-0.4, -0.2) is 46.4 Å². The van der Waals surface area contributed by atoms with Gasteiger partial charge in [-0.2, -0.15) is 0 Å². The Labute approximate surface area is 174 Å². The van der Waals surface area contributed by atoms with Gasteiger partial charge in [0, 0.05) is 29.6 Å². The maximum atomic E-state index is 12.7. The van der Waals surface area contributed by atoms with Crippen molar-refractivity contribution in [2.24, 2.45) is 5.73 Å². The molecule has 3 aromatic rings. The number of aromatic nitrogens is 2. The third kappa shape index (κ3) is 4.52. The number of nitrogens with zero attached hydrogens (tertiary/aromatic N) is 3. The van der Waals surface area contributed by atoms with Crippen molar-refractivity contribution in [1.82, 2.24) is 14.9 Å². The Bertz CT molecular complexity index is 1040. The molecule has 30 heavy (non-hydrogen) atoms. The summed E-state index contributed by atoms with van der Waals surface area (Å²) in [5, 5.41) is 0. The van der Waals surface area contributed by atoms with Crippen LogP contribution in [0.5, 0.6) is 0 Å². The van der Waals surface area contributed by atoms with Crippen molar-refractivity contribution < 1.29 is 14.3 Å². The van der Waals surface area contributed by atoms with Crippen molar-refractivity contribution in [3.8, 4) is 11.3 Å². The molecule has 0 saturated carbocycles. The van der Waals surface area contributed by atoms with E-state index in [1.807, 2.05) is 48.5 Å². The predicted molar refractivity (Wildman–Crippen MR) is 111 cm³/mol. The fourth-order valence-corrected chi connectivity index (χ4v) is 3.42. The first-order chi connectivity index (χ1) is 14.6. The number of rotatable bonds is 5. The molecule has 1 atom stereocenters. The van der Waals surface area contributed by atoms with E-state index in [1.165, 1.54) is 0 Å². The minimum absolute atomic E-state index is 0.0280. The third-order valence-electron chi connectivity index (χ3n) is 5.04. The summed E-state index contributed by atoms with van der Waals surface area (Å²) in [6, 6.07) is 18.3. The molecule has 4 rings (SSSR count). The molecule has 3 heterocycles. The number of ether oxygens (including phenoxy) is 1. The molecule has 1 aliphatic rings. The quantitative estimate of drug-likeness (QED) is 0.707. The lowest BCUT2D eigenvalue weighted by Gasteiger charge is -2.32. The average Bonchev–Trinajstić information content (AvgIpc) is 2.80. The van der Waals surface area contributed by atoms with Crippen molar-refractivity contribution in [1.29, 1.82) is 0 Å². The standard InChI is InChI=1S/C23H22N4O3/c24-23(29)17-9-7-16(8-10-17)19-5-3-6-20(26-19)21-15-27(12-13-30-21)22(28)14-18-4-1-2-11-25-18/h1-11,21H,12-15H2,(H2,24,29)/t21-/m1/s1. The van der Waals surface area contributed by atoms with Crippen molar-refractivity contribution >= 4 is 11.8 Å². The largest absolute Gasteiger partial charge is 0.368 e. The van der Waals surface area contributed by atoms with Crippen LogP contribution in [-0.2, 0) is 16.0 Å². The maximum Gasteiger partial charge on any atom is 0.248 e. The van der Waals surface area contributed by atoms with Crippen LogP contribution in [0, 0.1) is 0 Å². The molecule has 2 amide bonds. The predicted octanol–water partition coefficient (Wildman–Crippen LogP) is 2.39. The first-order valence-corrected chi connectivity index (χ1v) is 9.76. The van der Waals surface area contributed by atoms with E-state index in [9.17, 15) is 9.59 Å². The number of amides is 2. The van der Waals surface area contributed by atoms with Gasteiger partial charge in [-0.15, -0.1) is 0 Å². The zero-order valence-corrected chi connectivity index (χ0v) is 16.4. The number of hydrogen-bond donors (Lipinski definition) is 1. The smallest absolute Gasteiger partial charge is 0.248 e. The van der Waals surface area contributed by atoms with E-state index >= 15 is 0 Å². The SMILES string of the molecule is NC(=O)c1ccc(-c2cccc([C@H]3CN(C(=O)Cc4ccccn4)CCO3)n2)cc1. The molecule has 0 bridgehead atoms. The number of nitrogens with two attached hydrogens (primary N) is 1. The van der Waals surface area contributed by atoms with E-state index in [0.29, 0.717) is 25.3 Å². The number of benzene rings is 1. The minimum atomic E-state index is -0.464. The van der Waals surface area contributed by atoms with Crippen LogP contribution in [0.15, 0.2) is 66.9 Å². The molecule has 1 fully saturated rings. The van der Waals surface area contributed by atoms with Gasteiger partial charge in [-0.3, -0.25) is 14.6 Å². The van der Waals surface area contributed by atoms with Crippen molar-refractivity contribution in [2.75, 3.05) is 19.7 Å². The molecule has 1 aliphatic heterocycles. The molecule has 7 nitrogen and oxygen atoms in total. The Balaban J connectivity index is 1.47. The van der Waals surface area contributed by atoms with Gasteiger partial charge in [0.2, 0.25) is 11.8 Å². The van der Waals surface area contributed by atoms with Crippen molar-refractivity contribution in [2.45, 2.75) is 12.5 Å². The highest BCUT2D eigenvalue weighted by Gasteiger charge is 2.26. The second-order valence-electron chi connectivity index (χ2n) is 7.09. The molecule has 0 unspecified atom stereocenters. The Kier molecular flexibility index (Phi) is 5.81. The van der Waals surface area contributed by atoms with E-state index < -0.39 is 5.91 Å². The first kappa shape index (κ1) is 19.7. The summed E-state index contributed by atoms with van der Waals surface area (Å²) in [5.41, 5.74) is 8.92. The zero-order chi connectivity index (χ0) is 20.9. The van der Waals surface area contributed by atoms with Crippen LogP contribution in [0.2, 0.25) is 0 Å². The van der Waals surface area contributed by atoms with Crippen molar-refractivity contribution in [3.63, 3.8) is 0 Å². The molecular weight excluding hydrogens is 380 g/mol. The lowest BCUT2D eigenvalue weighted by molar-refractivity contribution is -0.138. The van der Waals surface area contributed by atoms with E-state index in [4.69, 9.17) is 15.5 Å². The summed E-state index contributed by atoms with van der Waals surface area (Å²) in [6.45, 7) is 1.46. The number of carbonyl (C=O) groups is 2. The van der Waals surface area contributed by atoms with Crippen molar-refractivity contribution in [3.05, 3.63) is 83.8 Å². The molecule has 0 radical (unpaired) electrons. The lowest BCUT2D eigenvalue weighted by Crippen LogP contribution is -2.43. The molecule has 0 spiro atoms. The average molecular weight is 402 g/mol. The van der Waals surface area contributed by atoms with Gasteiger partial charge in [-0.25, -0.2) is 4.98 Å². The van der Waals surface area contributed by atoms with E-state index in [2.05, 4.69) is 4.98 Å². The topological polar surface area (TPSA) is 98.4 Å². The molecule has 2 N–H and O–H groups in total. The van der Waals surface area contributed by atoms with Gasteiger partial charge in [-0.05, 0) is 36.4 Å². The fraction of sp³-hybridized carbons (Fsp3) is 0.217. The van der Waals surface area contributed by atoms with Crippen LogP contribution in [0.1, 0.15) is 27.8 Å². The zero-order valence-electron chi connectivity index (χ0n) is 16.4. The Morgan fingerprint density at radius 1 is 1.07 bits per heavy atom. The van der Waals surface area contributed by atoms with Gasteiger partial charge in [0.1, 0.15) is 6.10 Å². The van der Waals surface area contributed by atoms with Gasteiger partial charge < -0.3 is 15.4 Å². The van der Waals surface area contributed by atoms with Gasteiger partial charge in [0.15, 0.2) is 0 Å². The highest BCUT2D eigenvalue weighted by molar-refractivity contribution is 5.93. The maximum absolute atomic E-state index is 12.7. The molecule has 7 heteroatoms. The van der Waals surface area contributed by atoms with E-state index in [0.717, 1.165) is 22.6 Å². The normalized spacial score (nSPS) is 16.3. The minimum Gasteiger partial charge on any atom is -0.368 e. The fourth-order valence-electron chi connectivity index (χ4n) is 3.42. The summed E-state index contributed by atoms with van der Waals surface area (Å²) < 4.78 is 5.90. The van der Waals surface area contributed by atoms with Gasteiger partial charge in [0.25, 0.3) is 0 Å². The van der Waals surface area contributed by atoms with Gasteiger partial charge >= 0.3 is 0 Å². The van der Waals surface area contributed by atoms with Crippen LogP contribution >= 0.6 is 0 Å². The summed E-state index contributed by atoms with van der Waals surface area (Å²) in [7, 11) is 0. The summed E-state index contributed by atoms with van der Waals surface area (Å²) >= 11 is 0. The van der Waals surface area contributed by atoms with E-state index in [1.54, 1.807) is 23.2 Å². The van der Waals surface area contributed by atoms with Gasteiger partial charge in [0.05, 0.1) is 31.0 Å². The van der Waals surface area contributed by atoms with Crippen LogP contribution in [0.3, 0.4) is 0 Å². The number of morpholine rings is 1. The first-order valence-electron chi connectivity index (χ1n) is 9.76. The molecule has 1 aromatic carbocycles. The summed E-state index contributed by atoms with van der Waals surface area (Å²) in [4.78, 5) is 34.7. The second-order valence-corrected chi connectivity index (χ2v) is 7.09. The monoisotopic (exact) mass is 402 g/mol. The Morgan fingerprint density at radius 2 is 1.90 bits per heavy atom. The van der Waals surface area contributed by atoms with Gasteiger partial charge in [-0.1, -0.05) is 24.3 Å². The summed E-state index contributed by atoms with van der Waals surface area (Å²) in [5.74, 6) is -0.436. The summed E-state index contributed by atoms with van der Waals surface area (Å²) in [6.07, 6.45) is 1.67. The Morgan fingerprint density at radius 3 is 2.63 bits per heavy atom. The highest BCUT2D eigenvalue weighted by atomic mass is 16.5. The Hall–Kier alpha value is -3.58. The molecule has 152 valence electrons. The highest BCUT2D eigenvalue weighted by Crippen LogP contribution is 2.25. The lowest BCUT2D eigenvalue weighted by atomic mass is 10.1. The number of primary amides is 1. The van der Waals surface area contributed by atoms with Crippen LogP contribution < -0.4 is 5.73 Å². The molecule has 1 saturated heterocycles. The number of hydrogen-bond acceptors (Lipinski definition) is 5. The van der Waals surface area contributed by atoms with E-state index in [-0.39, 0.29) is 18.4 Å². The molecular formula is C23H22N4O3. The number of carbonyl (C=O) groups excluding carboxylic acids is 2. The number of pyridine rings is 2.